The summed E-state index contributed by atoms with van der Waals surface area (Å²) in [6, 6.07) is 20.9. The van der Waals surface area contributed by atoms with E-state index in [0.717, 1.165) is 11.3 Å². The van der Waals surface area contributed by atoms with Crippen LogP contribution in [0.5, 0.6) is 5.75 Å². The van der Waals surface area contributed by atoms with Crippen LogP contribution in [0.3, 0.4) is 0 Å². The van der Waals surface area contributed by atoms with Gasteiger partial charge >= 0.3 is 0 Å². The molecule has 3 aromatic carbocycles. The number of para-hydroxylation sites is 1. The highest BCUT2D eigenvalue weighted by Crippen LogP contribution is 2.26. The van der Waals surface area contributed by atoms with Gasteiger partial charge in [0.15, 0.2) is 5.16 Å². The first-order valence-electron chi connectivity index (χ1n) is 9.68. The maximum absolute atomic E-state index is 13.3. The molecule has 0 bridgehead atoms. The third-order valence-corrected chi connectivity index (χ3v) is 5.68. The molecule has 0 radical (unpaired) electrons. The van der Waals surface area contributed by atoms with Crippen LogP contribution in [0.15, 0.2) is 82.7 Å². The standard InChI is InChI=1S/C23H19N3O4S/c1-2-30-19-13-11-17(12-14-19)25-22(27)20-5-3-4-6-21(20)24-23(25)31-15-16-7-9-18(10-8-16)26(28)29/h3-14H,2,15H2,1H3. The first-order valence-corrected chi connectivity index (χ1v) is 10.7. The van der Waals surface area contributed by atoms with E-state index >= 15 is 0 Å². The normalized spacial score (nSPS) is 10.9. The van der Waals surface area contributed by atoms with Gasteiger partial charge in [0.2, 0.25) is 0 Å². The van der Waals surface area contributed by atoms with Gasteiger partial charge in [0.05, 0.1) is 28.1 Å². The average molecular weight is 433 g/mol. The number of fused-ring (bicyclic) bond motifs is 1. The molecule has 0 N–H and O–H groups in total. The molecule has 0 aliphatic rings. The summed E-state index contributed by atoms with van der Waals surface area (Å²) in [5, 5.41) is 11.9. The van der Waals surface area contributed by atoms with Gasteiger partial charge in [-0.3, -0.25) is 19.5 Å². The van der Waals surface area contributed by atoms with Crippen molar-refractivity contribution in [1.82, 2.24) is 9.55 Å². The summed E-state index contributed by atoms with van der Waals surface area (Å²) in [6.07, 6.45) is 0. The summed E-state index contributed by atoms with van der Waals surface area (Å²) in [7, 11) is 0. The Bertz CT molecular complexity index is 1290. The maximum atomic E-state index is 13.3. The predicted molar refractivity (Wildman–Crippen MR) is 121 cm³/mol. The lowest BCUT2D eigenvalue weighted by atomic mass is 10.2. The lowest BCUT2D eigenvalue weighted by molar-refractivity contribution is -0.384. The van der Waals surface area contributed by atoms with Crippen LogP contribution in [0.25, 0.3) is 16.6 Å². The minimum absolute atomic E-state index is 0.0453. The van der Waals surface area contributed by atoms with Crippen molar-refractivity contribution < 1.29 is 9.66 Å². The summed E-state index contributed by atoms with van der Waals surface area (Å²) in [5.41, 5.74) is 2.11. The molecule has 0 amide bonds. The molecule has 4 rings (SSSR count). The van der Waals surface area contributed by atoms with Gasteiger partial charge in [-0.2, -0.15) is 0 Å². The predicted octanol–water partition coefficient (Wildman–Crippen LogP) is 4.98. The fraction of sp³-hybridized carbons (Fsp3) is 0.130. The van der Waals surface area contributed by atoms with Crippen LogP contribution in [0.4, 0.5) is 5.69 Å². The number of nitrogens with zero attached hydrogens (tertiary/aromatic N) is 3. The Morgan fingerprint density at radius 1 is 1.03 bits per heavy atom. The monoisotopic (exact) mass is 433 g/mol. The number of nitro groups is 1. The Labute approximate surface area is 182 Å². The van der Waals surface area contributed by atoms with E-state index in [1.165, 1.54) is 23.9 Å². The van der Waals surface area contributed by atoms with Gasteiger partial charge in [0.25, 0.3) is 11.2 Å². The summed E-state index contributed by atoms with van der Waals surface area (Å²) >= 11 is 1.40. The first kappa shape index (κ1) is 20.6. The lowest BCUT2D eigenvalue weighted by Crippen LogP contribution is -2.21. The molecule has 0 saturated carbocycles. The minimum atomic E-state index is -0.425. The van der Waals surface area contributed by atoms with Crippen molar-refractivity contribution in [2.45, 2.75) is 17.8 Å². The van der Waals surface area contributed by atoms with Crippen molar-refractivity contribution in [2.75, 3.05) is 6.61 Å². The fourth-order valence-corrected chi connectivity index (χ4v) is 4.13. The molecule has 0 aliphatic heterocycles. The molecule has 8 heteroatoms. The summed E-state index contributed by atoms with van der Waals surface area (Å²) < 4.78 is 7.09. The third kappa shape index (κ3) is 4.44. The number of nitro benzene ring substituents is 1. The third-order valence-electron chi connectivity index (χ3n) is 4.67. The zero-order chi connectivity index (χ0) is 21.8. The molecule has 4 aromatic rings. The van der Waals surface area contributed by atoms with Gasteiger partial charge in [0.1, 0.15) is 5.75 Å². The van der Waals surface area contributed by atoms with Crippen LogP contribution in [0.1, 0.15) is 12.5 Å². The Hall–Kier alpha value is -3.65. The highest BCUT2D eigenvalue weighted by molar-refractivity contribution is 7.98. The van der Waals surface area contributed by atoms with Crippen molar-refractivity contribution in [2.24, 2.45) is 0 Å². The van der Waals surface area contributed by atoms with Crippen LogP contribution >= 0.6 is 11.8 Å². The van der Waals surface area contributed by atoms with Gasteiger partial charge in [-0.05, 0) is 48.9 Å². The first-order chi connectivity index (χ1) is 15.1. The summed E-state index contributed by atoms with van der Waals surface area (Å²) in [6.45, 7) is 2.48. The number of rotatable bonds is 7. The van der Waals surface area contributed by atoms with Gasteiger partial charge in [-0.25, -0.2) is 4.98 Å². The van der Waals surface area contributed by atoms with Crippen LogP contribution < -0.4 is 10.3 Å². The Balaban J connectivity index is 1.73. The Morgan fingerprint density at radius 2 is 1.74 bits per heavy atom. The van der Waals surface area contributed by atoms with E-state index in [4.69, 9.17) is 9.72 Å². The molecular formula is C23H19N3O4S. The van der Waals surface area contributed by atoms with Gasteiger partial charge < -0.3 is 4.74 Å². The molecule has 0 saturated heterocycles. The van der Waals surface area contributed by atoms with Crippen molar-refractivity contribution in [3.63, 3.8) is 0 Å². The summed E-state index contributed by atoms with van der Waals surface area (Å²) in [5.74, 6) is 1.24. The smallest absolute Gasteiger partial charge is 0.269 e. The average Bonchev–Trinajstić information content (AvgIpc) is 2.79. The van der Waals surface area contributed by atoms with Crippen LogP contribution in [-0.2, 0) is 5.75 Å². The molecule has 1 heterocycles. The molecule has 0 aliphatic carbocycles. The van der Waals surface area contributed by atoms with E-state index in [1.807, 2.05) is 49.4 Å². The van der Waals surface area contributed by atoms with E-state index in [2.05, 4.69) is 0 Å². The number of aromatic nitrogens is 2. The van der Waals surface area contributed by atoms with Crippen LogP contribution in [-0.4, -0.2) is 21.1 Å². The topological polar surface area (TPSA) is 87.3 Å². The zero-order valence-corrected chi connectivity index (χ0v) is 17.5. The Kier molecular flexibility index (Phi) is 5.99. The van der Waals surface area contributed by atoms with Crippen molar-refractivity contribution >= 4 is 28.4 Å². The zero-order valence-electron chi connectivity index (χ0n) is 16.7. The van der Waals surface area contributed by atoms with Crippen molar-refractivity contribution in [3.8, 4) is 11.4 Å². The number of non-ortho nitro benzene ring substituents is 1. The maximum Gasteiger partial charge on any atom is 0.269 e. The number of hydrogen-bond donors (Lipinski definition) is 0. The van der Waals surface area contributed by atoms with Crippen molar-refractivity contribution in [3.05, 3.63) is 98.8 Å². The second-order valence-corrected chi connectivity index (χ2v) is 7.63. The van der Waals surface area contributed by atoms with Gasteiger partial charge in [-0.1, -0.05) is 36.0 Å². The quantitative estimate of drug-likeness (QED) is 0.177. The molecule has 7 nitrogen and oxygen atoms in total. The molecule has 0 spiro atoms. The van der Waals surface area contributed by atoms with Crippen LogP contribution in [0.2, 0.25) is 0 Å². The molecule has 0 atom stereocenters. The summed E-state index contributed by atoms with van der Waals surface area (Å²) in [4.78, 5) is 28.5. The molecule has 0 unspecified atom stereocenters. The molecule has 156 valence electrons. The van der Waals surface area contributed by atoms with E-state index in [9.17, 15) is 14.9 Å². The highest BCUT2D eigenvalue weighted by Gasteiger charge is 2.14. The fourth-order valence-electron chi connectivity index (χ4n) is 3.16. The van der Waals surface area contributed by atoms with Gasteiger partial charge in [-0.15, -0.1) is 0 Å². The highest BCUT2D eigenvalue weighted by atomic mass is 32.2. The lowest BCUT2D eigenvalue weighted by Gasteiger charge is -2.14. The minimum Gasteiger partial charge on any atom is -0.494 e. The number of ether oxygens (including phenoxy) is 1. The van der Waals surface area contributed by atoms with E-state index in [1.54, 1.807) is 22.8 Å². The van der Waals surface area contributed by atoms with E-state index in [-0.39, 0.29) is 11.2 Å². The largest absolute Gasteiger partial charge is 0.494 e. The molecule has 1 aromatic heterocycles. The van der Waals surface area contributed by atoms with E-state index in [0.29, 0.717) is 34.1 Å². The van der Waals surface area contributed by atoms with Crippen molar-refractivity contribution in [1.29, 1.82) is 0 Å². The number of hydrogen-bond acceptors (Lipinski definition) is 6. The molecular weight excluding hydrogens is 414 g/mol. The van der Waals surface area contributed by atoms with E-state index < -0.39 is 4.92 Å². The number of benzene rings is 3. The molecule has 31 heavy (non-hydrogen) atoms. The van der Waals surface area contributed by atoms with Gasteiger partial charge in [0, 0.05) is 17.9 Å². The Morgan fingerprint density at radius 3 is 2.42 bits per heavy atom. The number of thioether (sulfide) groups is 1. The second kappa shape index (κ2) is 9.01. The molecule has 0 fully saturated rings. The second-order valence-electron chi connectivity index (χ2n) is 6.69. The van der Waals surface area contributed by atoms with Crippen LogP contribution in [0, 0.1) is 10.1 Å². The SMILES string of the molecule is CCOc1ccc(-n2c(SCc3ccc([N+](=O)[O-])cc3)nc3ccccc3c2=O)cc1.